The van der Waals surface area contributed by atoms with Crippen molar-refractivity contribution in [2.24, 2.45) is 4.99 Å². The summed E-state index contributed by atoms with van der Waals surface area (Å²) in [7, 11) is 0. The van der Waals surface area contributed by atoms with Gasteiger partial charge in [-0.25, -0.2) is 0 Å². The normalized spacial score (nSPS) is 11.9. The van der Waals surface area contributed by atoms with Crippen molar-refractivity contribution in [1.29, 1.82) is 0 Å². The average molecular weight is 441 g/mol. The van der Waals surface area contributed by atoms with Crippen molar-refractivity contribution in [3.05, 3.63) is 48.0 Å². The summed E-state index contributed by atoms with van der Waals surface area (Å²) in [6.45, 7) is 6.55. The number of benzene rings is 2. The van der Waals surface area contributed by atoms with Gasteiger partial charge in [0.05, 0.1) is 0 Å². The van der Waals surface area contributed by atoms with Crippen molar-refractivity contribution in [3.8, 4) is 0 Å². The minimum absolute atomic E-state index is 0.952. The Morgan fingerprint density at radius 2 is 1.39 bits per heavy atom. The zero-order chi connectivity index (χ0) is 22.0. The third kappa shape index (κ3) is 11.1. The van der Waals surface area contributed by atoms with Gasteiger partial charge >= 0.3 is 0 Å². The molecule has 0 aliphatic carbocycles. The first kappa shape index (κ1) is 25.8. The van der Waals surface area contributed by atoms with Gasteiger partial charge in [-0.1, -0.05) is 132 Å². The molecule has 0 bridgehead atoms. The average Bonchev–Trinajstić information content (AvgIpc) is 2.80. The molecular formula is C28H44N2S. The van der Waals surface area contributed by atoms with Crippen LogP contribution in [0, 0.1) is 0 Å². The molecule has 0 unspecified atom stereocenters. The number of nitrogens with one attached hydrogen (secondary N) is 1. The van der Waals surface area contributed by atoms with Gasteiger partial charge in [-0.05, 0) is 29.2 Å². The Morgan fingerprint density at radius 3 is 2.16 bits per heavy atom. The van der Waals surface area contributed by atoms with Crippen LogP contribution in [0.3, 0.4) is 0 Å². The van der Waals surface area contributed by atoms with Gasteiger partial charge in [-0.3, -0.25) is 4.99 Å². The molecule has 0 radical (unpaired) electrons. The number of nitrogens with zero attached hydrogens (tertiary/aromatic N) is 1. The lowest BCUT2D eigenvalue weighted by Crippen LogP contribution is -2.22. The molecule has 2 aromatic carbocycles. The van der Waals surface area contributed by atoms with Crippen molar-refractivity contribution in [3.63, 3.8) is 0 Å². The van der Waals surface area contributed by atoms with Crippen LogP contribution in [0.4, 0.5) is 0 Å². The zero-order valence-corrected chi connectivity index (χ0v) is 20.8. The SMILES string of the molecule is CCCCCCCCN=C(NCCCCCCCC)SCc1cccc2ccccc12. The van der Waals surface area contributed by atoms with Gasteiger partial charge < -0.3 is 5.32 Å². The molecule has 0 aliphatic heterocycles. The maximum Gasteiger partial charge on any atom is 0.156 e. The molecule has 172 valence electrons. The van der Waals surface area contributed by atoms with Crippen molar-refractivity contribution >= 4 is 27.7 Å². The Hall–Kier alpha value is -1.48. The number of amidine groups is 1. The minimum atomic E-state index is 0.952. The van der Waals surface area contributed by atoms with Crippen molar-refractivity contribution < 1.29 is 0 Å². The van der Waals surface area contributed by atoms with E-state index < -0.39 is 0 Å². The van der Waals surface area contributed by atoms with E-state index in [1.807, 2.05) is 11.8 Å². The summed E-state index contributed by atoms with van der Waals surface area (Å²) in [4.78, 5) is 4.95. The fraction of sp³-hybridized carbons (Fsp3) is 0.607. The summed E-state index contributed by atoms with van der Waals surface area (Å²) in [5, 5.41) is 7.48. The van der Waals surface area contributed by atoms with Crippen LogP contribution in [0.15, 0.2) is 47.5 Å². The Bertz CT molecular complexity index is 735. The van der Waals surface area contributed by atoms with E-state index in [1.165, 1.54) is 93.4 Å². The highest BCUT2D eigenvalue weighted by atomic mass is 32.2. The third-order valence-corrected chi connectivity index (χ3v) is 6.82. The van der Waals surface area contributed by atoms with Gasteiger partial charge in [-0.2, -0.15) is 0 Å². The number of unbranched alkanes of at least 4 members (excludes halogenated alkanes) is 10. The van der Waals surface area contributed by atoms with E-state index in [4.69, 9.17) is 4.99 Å². The molecule has 0 fully saturated rings. The molecule has 2 aromatic rings. The molecule has 2 nitrogen and oxygen atoms in total. The summed E-state index contributed by atoms with van der Waals surface area (Å²) in [5.41, 5.74) is 1.40. The monoisotopic (exact) mass is 440 g/mol. The number of rotatable bonds is 16. The predicted molar refractivity (Wildman–Crippen MR) is 142 cm³/mol. The molecule has 0 aliphatic rings. The molecule has 0 spiro atoms. The first-order valence-electron chi connectivity index (χ1n) is 12.7. The molecule has 2 rings (SSSR count). The highest BCUT2D eigenvalue weighted by Crippen LogP contribution is 2.23. The second-order valence-corrected chi connectivity index (χ2v) is 9.54. The van der Waals surface area contributed by atoms with E-state index in [2.05, 4.69) is 61.6 Å². The third-order valence-electron chi connectivity index (χ3n) is 5.82. The molecule has 31 heavy (non-hydrogen) atoms. The Labute approximate surface area is 195 Å². The number of thioether (sulfide) groups is 1. The van der Waals surface area contributed by atoms with E-state index in [-0.39, 0.29) is 0 Å². The van der Waals surface area contributed by atoms with Crippen molar-refractivity contribution in [2.75, 3.05) is 13.1 Å². The van der Waals surface area contributed by atoms with Crippen molar-refractivity contribution in [2.45, 2.75) is 96.7 Å². The molecule has 0 heterocycles. The van der Waals surface area contributed by atoms with Crippen LogP contribution >= 0.6 is 11.8 Å². The summed E-state index contributed by atoms with van der Waals surface area (Å²) in [6.07, 6.45) is 15.9. The summed E-state index contributed by atoms with van der Waals surface area (Å²) >= 11 is 1.87. The summed E-state index contributed by atoms with van der Waals surface area (Å²) in [5.74, 6) is 0.972. The highest BCUT2D eigenvalue weighted by molar-refractivity contribution is 8.13. The number of hydrogen-bond acceptors (Lipinski definition) is 2. The number of hydrogen-bond donors (Lipinski definition) is 1. The van der Waals surface area contributed by atoms with Crippen LogP contribution in [-0.2, 0) is 5.75 Å². The van der Waals surface area contributed by atoms with E-state index in [0.29, 0.717) is 0 Å². The highest BCUT2D eigenvalue weighted by Gasteiger charge is 2.05. The molecule has 0 saturated carbocycles. The van der Waals surface area contributed by atoms with E-state index >= 15 is 0 Å². The van der Waals surface area contributed by atoms with Crippen LogP contribution in [0.1, 0.15) is 96.5 Å². The van der Waals surface area contributed by atoms with Gasteiger partial charge in [0, 0.05) is 18.8 Å². The Kier molecular flexibility index (Phi) is 14.2. The lowest BCUT2D eigenvalue weighted by molar-refractivity contribution is 0.601. The van der Waals surface area contributed by atoms with Gasteiger partial charge in [0.15, 0.2) is 5.17 Å². The van der Waals surface area contributed by atoms with Crippen LogP contribution < -0.4 is 5.32 Å². The summed E-state index contributed by atoms with van der Waals surface area (Å²) < 4.78 is 0. The maximum absolute atomic E-state index is 4.95. The fourth-order valence-electron chi connectivity index (χ4n) is 3.89. The molecule has 0 aromatic heterocycles. The lowest BCUT2D eigenvalue weighted by atomic mass is 10.1. The Morgan fingerprint density at radius 1 is 0.742 bits per heavy atom. The minimum Gasteiger partial charge on any atom is -0.365 e. The van der Waals surface area contributed by atoms with Gasteiger partial charge in [-0.15, -0.1) is 0 Å². The van der Waals surface area contributed by atoms with E-state index in [1.54, 1.807) is 0 Å². The van der Waals surface area contributed by atoms with Crippen LogP contribution in [-0.4, -0.2) is 18.3 Å². The van der Waals surface area contributed by atoms with Gasteiger partial charge in [0.25, 0.3) is 0 Å². The van der Waals surface area contributed by atoms with E-state index in [9.17, 15) is 0 Å². The standard InChI is InChI=1S/C28H44N2S/c1-3-5-7-9-11-15-22-29-28(30-23-16-12-10-8-6-4-2)31-24-26-20-17-19-25-18-13-14-21-27(25)26/h13-14,17-21H,3-12,15-16,22-24H2,1-2H3,(H,29,30). The number of aliphatic imine (C=N–C) groups is 1. The molecule has 3 heteroatoms. The van der Waals surface area contributed by atoms with Crippen molar-refractivity contribution in [1.82, 2.24) is 5.32 Å². The smallest absolute Gasteiger partial charge is 0.156 e. The molecule has 0 saturated heterocycles. The van der Waals surface area contributed by atoms with E-state index in [0.717, 1.165) is 24.0 Å². The Balaban J connectivity index is 1.83. The maximum atomic E-state index is 4.95. The van der Waals surface area contributed by atoms with Crippen LogP contribution in [0.5, 0.6) is 0 Å². The zero-order valence-electron chi connectivity index (χ0n) is 20.0. The second-order valence-electron chi connectivity index (χ2n) is 8.58. The largest absolute Gasteiger partial charge is 0.365 e. The van der Waals surface area contributed by atoms with Gasteiger partial charge in [0.2, 0.25) is 0 Å². The summed E-state index contributed by atoms with van der Waals surface area (Å²) in [6, 6.07) is 15.3. The number of fused-ring (bicyclic) bond motifs is 1. The molecule has 1 N–H and O–H groups in total. The van der Waals surface area contributed by atoms with Crippen LogP contribution in [0.25, 0.3) is 10.8 Å². The first-order chi connectivity index (χ1) is 15.3. The van der Waals surface area contributed by atoms with Crippen LogP contribution in [0.2, 0.25) is 0 Å². The molecular weight excluding hydrogens is 396 g/mol. The fourth-order valence-corrected chi connectivity index (χ4v) is 4.82. The molecule has 0 amide bonds. The molecule has 0 atom stereocenters. The predicted octanol–water partition coefficient (Wildman–Crippen LogP) is 8.74. The topological polar surface area (TPSA) is 24.4 Å². The first-order valence-corrected chi connectivity index (χ1v) is 13.7. The lowest BCUT2D eigenvalue weighted by Gasteiger charge is -2.11. The quantitative estimate of drug-likeness (QED) is 0.160. The second kappa shape index (κ2) is 17.1. The van der Waals surface area contributed by atoms with Gasteiger partial charge in [0.1, 0.15) is 0 Å².